The van der Waals surface area contributed by atoms with Gasteiger partial charge in [0.25, 0.3) is 0 Å². The van der Waals surface area contributed by atoms with E-state index in [9.17, 15) is 9.18 Å². The number of esters is 1. The number of hydrogen-bond acceptors (Lipinski definition) is 4. The molecule has 0 aliphatic rings. The number of halogens is 1. The number of rotatable bonds is 10. The van der Waals surface area contributed by atoms with E-state index in [0.29, 0.717) is 13.0 Å². The van der Waals surface area contributed by atoms with E-state index in [1.165, 1.54) is 13.2 Å². The summed E-state index contributed by atoms with van der Waals surface area (Å²) in [5, 5.41) is 6.45. The Morgan fingerprint density at radius 3 is 2.76 bits per heavy atom. The van der Waals surface area contributed by atoms with Gasteiger partial charge in [-0.05, 0) is 49.3 Å². The fourth-order valence-corrected chi connectivity index (χ4v) is 2.83. The van der Waals surface area contributed by atoms with Gasteiger partial charge in [0, 0.05) is 25.3 Å². The van der Waals surface area contributed by atoms with Crippen molar-refractivity contribution >= 4 is 23.7 Å². The number of carbonyl (C=O) groups excluding carboxylic acids is 1. The van der Waals surface area contributed by atoms with Crippen molar-refractivity contribution in [3.05, 3.63) is 35.1 Å². The number of ether oxygens (including phenoxy) is 1. The van der Waals surface area contributed by atoms with Gasteiger partial charge >= 0.3 is 5.97 Å². The number of guanidine groups is 1. The van der Waals surface area contributed by atoms with Crippen LogP contribution < -0.4 is 10.6 Å². The standard InChI is InChI=1S/C18H28FN3O2S/c1-4-20-18(21-10-6-5-7-17(23)24-2)22-12-14-8-9-16(19)11-15(14)13-25-3/h8-9,11H,4-7,10,12-13H2,1-3H3,(H2,20,21,22). The number of unbranched alkanes of at least 4 members (excludes halogenated alkanes) is 1. The Balaban J connectivity index is 2.56. The predicted molar refractivity (Wildman–Crippen MR) is 102 cm³/mol. The molecule has 0 amide bonds. The molecule has 0 atom stereocenters. The van der Waals surface area contributed by atoms with Crippen molar-refractivity contribution in [1.82, 2.24) is 10.6 Å². The van der Waals surface area contributed by atoms with Crippen LogP contribution in [0.15, 0.2) is 23.2 Å². The molecule has 7 heteroatoms. The molecule has 0 saturated heterocycles. The van der Waals surface area contributed by atoms with Crippen LogP contribution >= 0.6 is 11.8 Å². The fourth-order valence-electron chi connectivity index (χ4n) is 2.25. The summed E-state index contributed by atoms with van der Waals surface area (Å²) < 4.78 is 18.0. The van der Waals surface area contributed by atoms with Gasteiger partial charge in [0.1, 0.15) is 5.82 Å². The molecule has 1 rings (SSSR count). The number of hydrogen-bond donors (Lipinski definition) is 2. The minimum atomic E-state index is -0.215. The maximum Gasteiger partial charge on any atom is 0.305 e. The lowest BCUT2D eigenvalue weighted by atomic mass is 10.1. The number of nitrogens with one attached hydrogen (secondary N) is 2. The number of methoxy groups -OCH3 is 1. The van der Waals surface area contributed by atoms with Gasteiger partial charge in [-0.25, -0.2) is 9.38 Å². The second-order valence-corrected chi connectivity index (χ2v) is 6.37. The minimum absolute atomic E-state index is 0.182. The van der Waals surface area contributed by atoms with Crippen molar-refractivity contribution in [2.75, 3.05) is 26.5 Å². The van der Waals surface area contributed by atoms with Gasteiger partial charge in [-0.2, -0.15) is 11.8 Å². The molecule has 1 aromatic rings. The van der Waals surface area contributed by atoms with Crippen LogP contribution in [0.4, 0.5) is 4.39 Å². The molecular weight excluding hydrogens is 341 g/mol. The summed E-state index contributed by atoms with van der Waals surface area (Å²) in [6, 6.07) is 4.85. The molecule has 0 aliphatic carbocycles. The normalized spacial score (nSPS) is 11.3. The summed E-state index contributed by atoms with van der Waals surface area (Å²) in [6.45, 7) is 3.98. The van der Waals surface area contributed by atoms with E-state index in [0.717, 1.165) is 48.8 Å². The largest absolute Gasteiger partial charge is 0.469 e. The van der Waals surface area contributed by atoms with E-state index >= 15 is 0 Å². The molecule has 0 heterocycles. The van der Waals surface area contributed by atoms with Crippen molar-refractivity contribution < 1.29 is 13.9 Å². The SMILES string of the molecule is CCNC(=NCc1ccc(F)cc1CSC)NCCCCC(=O)OC. The molecule has 0 spiro atoms. The molecule has 0 saturated carbocycles. The number of aliphatic imine (C=N–C) groups is 1. The zero-order valence-corrected chi connectivity index (χ0v) is 16.0. The number of carbonyl (C=O) groups is 1. The molecule has 0 aliphatic heterocycles. The summed E-state index contributed by atoms with van der Waals surface area (Å²) in [6.07, 6.45) is 4.06. The van der Waals surface area contributed by atoms with Gasteiger partial charge in [0.2, 0.25) is 0 Å². The molecule has 1 aromatic carbocycles. The van der Waals surface area contributed by atoms with Gasteiger partial charge in [-0.15, -0.1) is 0 Å². The van der Waals surface area contributed by atoms with Crippen LogP contribution in [0.25, 0.3) is 0 Å². The van der Waals surface area contributed by atoms with E-state index in [4.69, 9.17) is 0 Å². The van der Waals surface area contributed by atoms with Crippen LogP contribution in [0.1, 0.15) is 37.3 Å². The number of benzene rings is 1. The Hall–Kier alpha value is -1.76. The molecular formula is C18H28FN3O2S. The Bertz CT molecular complexity index is 567. The second-order valence-electron chi connectivity index (χ2n) is 5.50. The minimum Gasteiger partial charge on any atom is -0.469 e. The zero-order valence-electron chi connectivity index (χ0n) is 15.2. The summed E-state index contributed by atoms with van der Waals surface area (Å²) in [7, 11) is 1.40. The summed E-state index contributed by atoms with van der Waals surface area (Å²) >= 11 is 1.66. The first-order chi connectivity index (χ1) is 12.1. The van der Waals surface area contributed by atoms with Crippen molar-refractivity contribution in [1.29, 1.82) is 0 Å². The van der Waals surface area contributed by atoms with Gasteiger partial charge in [0.15, 0.2) is 5.96 Å². The highest BCUT2D eigenvalue weighted by Crippen LogP contribution is 2.17. The number of thioether (sulfide) groups is 1. The molecule has 2 N–H and O–H groups in total. The van der Waals surface area contributed by atoms with E-state index < -0.39 is 0 Å². The predicted octanol–water partition coefficient (Wildman–Crippen LogP) is 3.09. The smallest absolute Gasteiger partial charge is 0.305 e. The molecule has 0 radical (unpaired) electrons. The van der Waals surface area contributed by atoms with Crippen molar-refractivity contribution in [3.63, 3.8) is 0 Å². The van der Waals surface area contributed by atoms with Crippen molar-refractivity contribution in [2.24, 2.45) is 4.99 Å². The summed E-state index contributed by atoms with van der Waals surface area (Å²) in [5.74, 6) is 1.09. The quantitative estimate of drug-likeness (QED) is 0.287. The first kappa shape index (κ1) is 21.3. The Kier molecular flexibility index (Phi) is 10.7. The lowest BCUT2D eigenvalue weighted by molar-refractivity contribution is -0.140. The van der Waals surface area contributed by atoms with E-state index in [2.05, 4.69) is 20.4 Å². The third-order valence-corrected chi connectivity index (χ3v) is 4.15. The van der Waals surface area contributed by atoms with Crippen molar-refractivity contribution in [2.45, 2.75) is 38.5 Å². The summed E-state index contributed by atoms with van der Waals surface area (Å²) in [5.41, 5.74) is 2.00. The Labute approximate surface area is 153 Å². The third-order valence-electron chi connectivity index (χ3n) is 3.55. The van der Waals surface area contributed by atoms with E-state index in [1.807, 2.05) is 13.2 Å². The van der Waals surface area contributed by atoms with Crippen LogP contribution in [0, 0.1) is 5.82 Å². The van der Waals surface area contributed by atoms with Crippen LogP contribution in [0.3, 0.4) is 0 Å². The first-order valence-electron chi connectivity index (χ1n) is 8.46. The molecule has 0 unspecified atom stereocenters. The maximum atomic E-state index is 13.4. The Morgan fingerprint density at radius 1 is 1.28 bits per heavy atom. The second kappa shape index (κ2) is 12.6. The monoisotopic (exact) mass is 369 g/mol. The lowest BCUT2D eigenvalue weighted by Crippen LogP contribution is -2.37. The van der Waals surface area contributed by atoms with Crippen molar-refractivity contribution in [3.8, 4) is 0 Å². The van der Waals surface area contributed by atoms with Crippen LogP contribution in [-0.4, -0.2) is 38.4 Å². The van der Waals surface area contributed by atoms with Crippen LogP contribution in [0.2, 0.25) is 0 Å². The lowest BCUT2D eigenvalue weighted by Gasteiger charge is -2.12. The van der Waals surface area contributed by atoms with Crippen LogP contribution in [-0.2, 0) is 21.8 Å². The summed E-state index contributed by atoms with van der Waals surface area (Å²) in [4.78, 5) is 15.6. The van der Waals surface area contributed by atoms with Gasteiger partial charge < -0.3 is 15.4 Å². The van der Waals surface area contributed by atoms with Gasteiger partial charge in [0.05, 0.1) is 13.7 Å². The van der Waals surface area contributed by atoms with Crippen LogP contribution in [0.5, 0.6) is 0 Å². The molecule has 140 valence electrons. The molecule has 25 heavy (non-hydrogen) atoms. The highest BCUT2D eigenvalue weighted by atomic mass is 32.2. The molecule has 5 nitrogen and oxygen atoms in total. The highest BCUT2D eigenvalue weighted by molar-refractivity contribution is 7.97. The average Bonchev–Trinajstić information content (AvgIpc) is 2.60. The highest BCUT2D eigenvalue weighted by Gasteiger charge is 2.05. The molecule has 0 bridgehead atoms. The topological polar surface area (TPSA) is 62.7 Å². The van der Waals surface area contributed by atoms with Gasteiger partial charge in [-0.3, -0.25) is 4.79 Å². The number of nitrogens with zero attached hydrogens (tertiary/aromatic N) is 1. The Morgan fingerprint density at radius 2 is 2.08 bits per heavy atom. The molecule has 0 fully saturated rings. The average molecular weight is 370 g/mol. The first-order valence-corrected chi connectivity index (χ1v) is 9.85. The fraction of sp³-hybridized carbons (Fsp3) is 0.556. The van der Waals surface area contributed by atoms with E-state index in [1.54, 1.807) is 23.9 Å². The third kappa shape index (κ3) is 8.77. The zero-order chi connectivity index (χ0) is 18.5. The van der Waals surface area contributed by atoms with Gasteiger partial charge in [-0.1, -0.05) is 6.07 Å². The molecule has 0 aromatic heterocycles. The van der Waals surface area contributed by atoms with E-state index in [-0.39, 0.29) is 11.8 Å². The maximum absolute atomic E-state index is 13.4.